The molecule has 0 unspecified atom stereocenters. The van der Waals surface area contributed by atoms with Crippen molar-refractivity contribution in [2.24, 2.45) is 0 Å². The van der Waals surface area contributed by atoms with Crippen molar-refractivity contribution in [2.75, 3.05) is 0 Å². The van der Waals surface area contributed by atoms with E-state index < -0.39 is 0 Å². The molecule has 0 saturated heterocycles. The summed E-state index contributed by atoms with van der Waals surface area (Å²) in [5.74, 6) is 0. The Morgan fingerprint density at radius 1 is 0.812 bits per heavy atom. The lowest BCUT2D eigenvalue weighted by Gasteiger charge is -1.93. The monoisotopic (exact) mass is 526 g/mol. The van der Waals surface area contributed by atoms with Crippen molar-refractivity contribution in [1.29, 1.82) is 15.8 Å². The van der Waals surface area contributed by atoms with Crippen molar-refractivity contribution in [3.63, 3.8) is 0 Å². The summed E-state index contributed by atoms with van der Waals surface area (Å²) in [5.41, 5.74) is 1.34. The number of aromatic nitrogens is 2. The van der Waals surface area contributed by atoms with Crippen LogP contribution >= 0.6 is 68.5 Å². The fourth-order valence-electron chi connectivity index (χ4n) is 2.71. The number of thiophene rings is 2. The summed E-state index contributed by atoms with van der Waals surface area (Å²) in [6.07, 6.45) is 3.06. The molecule has 0 aromatic carbocycles. The molecule has 6 nitrogen and oxygen atoms in total. The zero-order valence-electron chi connectivity index (χ0n) is 15.4. The first-order chi connectivity index (χ1) is 15.5. The molecule has 0 radical (unpaired) electrons. The molecular formula is C20H4Cl2N6S4. The van der Waals surface area contributed by atoms with Crippen LogP contribution in [0.25, 0.3) is 37.3 Å². The van der Waals surface area contributed by atoms with Crippen LogP contribution in [0.15, 0.2) is 24.5 Å². The number of nitrogens with zero attached hydrogens (tertiary/aromatic N) is 6. The summed E-state index contributed by atoms with van der Waals surface area (Å²) < 4.78 is 3.43. The molecule has 4 rings (SSSR count). The summed E-state index contributed by atoms with van der Waals surface area (Å²) in [5, 5.41) is 29.4. The van der Waals surface area contributed by atoms with E-state index in [2.05, 4.69) is 14.8 Å². The molecule has 152 valence electrons. The molecule has 4 aromatic rings. The maximum atomic E-state index is 9.38. The normalized spacial score (nSPS) is 12.3. The summed E-state index contributed by atoms with van der Waals surface area (Å²) in [6, 6.07) is 9.24. The first-order valence-electron chi connectivity index (χ1n) is 8.32. The molecule has 0 aliphatic carbocycles. The van der Waals surface area contributed by atoms with Gasteiger partial charge in [-0.05, 0) is 12.1 Å². The summed E-state index contributed by atoms with van der Waals surface area (Å²) >= 11 is 17.3. The number of thiazole rings is 2. The first-order valence-corrected chi connectivity index (χ1v) is 12.3. The van der Waals surface area contributed by atoms with Crippen LogP contribution in [-0.4, -0.2) is 9.97 Å². The topological polar surface area (TPSA) is 102 Å². The molecule has 0 spiro atoms. The molecule has 0 aliphatic heterocycles. The Kier molecular flexibility index (Phi) is 6.37. The molecule has 0 atom stereocenters. The van der Waals surface area contributed by atoms with E-state index in [9.17, 15) is 15.8 Å². The molecule has 0 bridgehead atoms. The highest BCUT2D eigenvalue weighted by molar-refractivity contribution is 7.20. The Hall–Kier alpha value is -3.06. The molecule has 12 heteroatoms. The molecule has 32 heavy (non-hydrogen) atoms. The second-order valence-electron chi connectivity index (χ2n) is 5.82. The Labute approximate surface area is 206 Å². The van der Waals surface area contributed by atoms with Crippen LogP contribution in [0.5, 0.6) is 0 Å². The fraction of sp³-hybridized carbons (Fsp3) is 0. The van der Waals surface area contributed by atoms with E-state index in [4.69, 9.17) is 29.8 Å². The fourth-order valence-corrected chi connectivity index (χ4v) is 7.06. The number of rotatable bonds is 2. The molecule has 4 heterocycles. The number of nitriles is 3. The van der Waals surface area contributed by atoms with Gasteiger partial charge in [0.05, 0.1) is 38.6 Å². The van der Waals surface area contributed by atoms with E-state index >= 15 is 0 Å². The van der Waals surface area contributed by atoms with E-state index in [0.29, 0.717) is 38.9 Å². The van der Waals surface area contributed by atoms with Gasteiger partial charge in [-0.1, -0.05) is 23.2 Å². The van der Waals surface area contributed by atoms with Gasteiger partial charge in [-0.3, -0.25) is 0 Å². The second-order valence-corrected chi connectivity index (χ2v) is 11.2. The maximum absolute atomic E-state index is 9.38. The Balaban J connectivity index is 2.29. The third-order valence-corrected chi connectivity index (χ3v) is 8.76. The Morgan fingerprint density at radius 2 is 1.31 bits per heavy atom. The largest absolute Gasteiger partial charge is 0.278 e. The lowest BCUT2D eigenvalue weighted by Crippen LogP contribution is -1.94. The van der Waals surface area contributed by atoms with Crippen LogP contribution in [0.1, 0.15) is 0 Å². The molecule has 0 amide bonds. The van der Waals surface area contributed by atoms with E-state index in [1.54, 1.807) is 12.1 Å². The van der Waals surface area contributed by atoms with Crippen molar-refractivity contribution >= 4 is 79.8 Å². The van der Waals surface area contributed by atoms with Gasteiger partial charge in [0.2, 0.25) is 0 Å². The van der Waals surface area contributed by atoms with Crippen LogP contribution in [0.2, 0.25) is 8.67 Å². The van der Waals surface area contributed by atoms with Gasteiger partial charge in [-0.25, -0.2) is 20.1 Å². The Bertz CT molecular complexity index is 1600. The van der Waals surface area contributed by atoms with E-state index in [-0.39, 0.29) is 11.3 Å². The van der Waals surface area contributed by atoms with Gasteiger partial charge in [-0.2, -0.15) is 10.5 Å². The van der Waals surface area contributed by atoms with Crippen LogP contribution in [0.4, 0.5) is 0 Å². The predicted octanol–water partition coefficient (Wildman–Crippen LogP) is 5.40. The van der Waals surface area contributed by atoms with Crippen molar-refractivity contribution in [1.82, 2.24) is 9.97 Å². The second kappa shape index (κ2) is 9.20. The van der Waals surface area contributed by atoms with Gasteiger partial charge >= 0.3 is 0 Å². The lowest BCUT2D eigenvalue weighted by molar-refractivity contribution is 1.41. The minimum Gasteiger partial charge on any atom is -0.243 e. The number of halogens is 2. The van der Waals surface area contributed by atoms with Crippen LogP contribution in [-0.2, 0) is 0 Å². The quantitative estimate of drug-likeness (QED) is 0.325. The predicted molar refractivity (Wildman–Crippen MR) is 128 cm³/mol. The van der Waals surface area contributed by atoms with Crippen molar-refractivity contribution < 1.29 is 0 Å². The molecule has 0 aliphatic rings. The minimum absolute atomic E-state index is 0.0220. The standard InChI is InChI=1S/C20H4Cl2N6S4/c1-26-12(6-25)14-3-11(20-28-8-16(22)32-20)18(30-14)17-10(19-27-7-15(21)31-19)2-13(29-17)9(4-23)5-24/h2-3,7-8H/b14-12+,18-17+. The third-order valence-electron chi connectivity index (χ3n) is 4.01. The van der Waals surface area contributed by atoms with Crippen molar-refractivity contribution in [3.8, 4) is 39.3 Å². The molecule has 0 N–H and O–H groups in total. The van der Waals surface area contributed by atoms with Crippen LogP contribution in [0, 0.1) is 49.6 Å². The summed E-state index contributed by atoms with van der Waals surface area (Å²) in [4.78, 5) is 12.0. The van der Waals surface area contributed by atoms with Gasteiger partial charge in [0, 0.05) is 15.7 Å². The van der Waals surface area contributed by atoms with Gasteiger partial charge < -0.3 is 0 Å². The zero-order chi connectivity index (χ0) is 22.8. The maximum Gasteiger partial charge on any atom is 0.278 e. The molecule has 4 aromatic heterocycles. The van der Waals surface area contributed by atoms with E-state index in [1.165, 1.54) is 57.7 Å². The third kappa shape index (κ3) is 4.05. The van der Waals surface area contributed by atoms with Crippen molar-refractivity contribution in [2.45, 2.75) is 0 Å². The van der Waals surface area contributed by atoms with Crippen LogP contribution in [0.3, 0.4) is 0 Å². The number of hydrogen-bond acceptors (Lipinski definition) is 9. The van der Waals surface area contributed by atoms with Gasteiger partial charge in [0.15, 0.2) is 0 Å². The van der Waals surface area contributed by atoms with Crippen LogP contribution < -0.4 is 9.06 Å². The van der Waals surface area contributed by atoms with E-state index in [1.807, 2.05) is 18.2 Å². The smallest absolute Gasteiger partial charge is 0.243 e. The average Bonchev–Trinajstić information content (AvgIpc) is 3.56. The lowest BCUT2D eigenvalue weighted by atomic mass is 10.2. The van der Waals surface area contributed by atoms with Gasteiger partial charge in [-0.15, -0.1) is 45.3 Å². The Morgan fingerprint density at radius 3 is 1.72 bits per heavy atom. The minimum atomic E-state index is -0.0397. The summed E-state index contributed by atoms with van der Waals surface area (Å²) in [7, 11) is 0. The zero-order valence-corrected chi connectivity index (χ0v) is 20.2. The molecular weight excluding hydrogens is 523 g/mol. The number of hydrogen-bond donors (Lipinski definition) is 0. The summed E-state index contributed by atoms with van der Waals surface area (Å²) in [6.45, 7) is 7.32. The van der Waals surface area contributed by atoms with Gasteiger partial charge in [0.25, 0.3) is 5.70 Å². The first kappa shape index (κ1) is 22.1. The SMILES string of the molecule is [C-]#[N+]/C(C#N)=c1\cc(-c2ncc(Cl)s2)/c(=c2\sc(=C(C#N)C#N)cc2-c2ncc(Cl)s2)s1. The highest BCUT2D eigenvalue weighted by Crippen LogP contribution is 2.34. The molecule has 0 saturated carbocycles. The molecule has 0 fully saturated rings. The highest BCUT2D eigenvalue weighted by Gasteiger charge is 2.15. The van der Waals surface area contributed by atoms with Gasteiger partial charge in [0.1, 0.15) is 36.4 Å². The average molecular weight is 527 g/mol. The highest BCUT2D eigenvalue weighted by atomic mass is 35.5. The van der Waals surface area contributed by atoms with E-state index in [0.717, 1.165) is 9.06 Å². The van der Waals surface area contributed by atoms with Crippen molar-refractivity contribution in [3.05, 3.63) is 62.7 Å².